The summed E-state index contributed by atoms with van der Waals surface area (Å²) in [7, 11) is 0. The molecule has 0 saturated heterocycles. The molecule has 5 heteroatoms. The van der Waals surface area contributed by atoms with Crippen molar-refractivity contribution in [3.8, 4) is 0 Å². The first-order valence-electron chi connectivity index (χ1n) is 3.35. The Balaban J connectivity index is 3.27. The summed E-state index contributed by atoms with van der Waals surface area (Å²) in [5.74, 6) is -1.87. The first kappa shape index (κ1) is 9.54. The lowest BCUT2D eigenvalue weighted by Crippen LogP contribution is -2.12. The number of hydrogen-bond acceptors (Lipinski definition) is 2. The molecule has 0 aliphatic rings. The van der Waals surface area contributed by atoms with Gasteiger partial charge in [0.1, 0.15) is 0 Å². The fourth-order valence-corrected chi connectivity index (χ4v) is 1.06. The molecule has 4 nitrogen and oxygen atoms in total. The van der Waals surface area contributed by atoms with Gasteiger partial charge in [-0.2, -0.15) is 0 Å². The lowest BCUT2D eigenvalue weighted by Gasteiger charge is -2.00. The highest BCUT2D eigenvalue weighted by molar-refractivity contribution is 6.33. The van der Waals surface area contributed by atoms with Crippen molar-refractivity contribution in [2.24, 2.45) is 5.73 Å². The van der Waals surface area contributed by atoms with Gasteiger partial charge in [0.15, 0.2) is 0 Å². The highest BCUT2D eigenvalue weighted by Gasteiger charge is 2.10. The van der Waals surface area contributed by atoms with Crippen molar-refractivity contribution in [3.05, 3.63) is 34.3 Å². The largest absolute Gasteiger partial charge is 0.478 e. The van der Waals surface area contributed by atoms with Gasteiger partial charge in [0, 0.05) is 0 Å². The van der Waals surface area contributed by atoms with Crippen molar-refractivity contribution in [3.63, 3.8) is 0 Å². The summed E-state index contributed by atoms with van der Waals surface area (Å²) in [6.45, 7) is 0. The molecule has 0 saturated carbocycles. The minimum Gasteiger partial charge on any atom is -0.478 e. The number of aromatic carboxylic acids is 1. The quantitative estimate of drug-likeness (QED) is 0.750. The van der Waals surface area contributed by atoms with Crippen LogP contribution in [0.4, 0.5) is 0 Å². The third kappa shape index (κ3) is 1.97. The topological polar surface area (TPSA) is 80.4 Å². The molecule has 13 heavy (non-hydrogen) atoms. The molecule has 0 aliphatic carbocycles. The summed E-state index contributed by atoms with van der Waals surface area (Å²) in [5, 5.41) is 8.74. The fraction of sp³-hybridized carbons (Fsp3) is 0. The number of primary amides is 1. The smallest absolute Gasteiger partial charge is 0.335 e. The van der Waals surface area contributed by atoms with Crippen molar-refractivity contribution in [2.45, 2.75) is 0 Å². The van der Waals surface area contributed by atoms with Gasteiger partial charge < -0.3 is 10.8 Å². The number of benzene rings is 1. The Morgan fingerprint density at radius 2 is 2.00 bits per heavy atom. The Labute approximate surface area is 78.9 Å². The van der Waals surface area contributed by atoms with Crippen LogP contribution in [0.15, 0.2) is 18.2 Å². The normalized spacial score (nSPS) is 9.62. The van der Waals surface area contributed by atoms with E-state index in [1.165, 1.54) is 12.1 Å². The molecule has 68 valence electrons. The van der Waals surface area contributed by atoms with Crippen molar-refractivity contribution >= 4 is 23.5 Å². The van der Waals surface area contributed by atoms with E-state index in [-0.39, 0.29) is 16.1 Å². The molecule has 1 rings (SSSR count). The van der Waals surface area contributed by atoms with Gasteiger partial charge in [0.05, 0.1) is 16.1 Å². The third-order valence-corrected chi connectivity index (χ3v) is 1.81. The zero-order valence-electron chi connectivity index (χ0n) is 6.45. The van der Waals surface area contributed by atoms with Gasteiger partial charge in [0.25, 0.3) is 0 Å². The average molecular weight is 200 g/mol. The molecule has 0 unspecified atom stereocenters. The Morgan fingerprint density at radius 3 is 2.46 bits per heavy atom. The molecule has 1 aromatic carbocycles. The molecular weight excluding hydrogens is 194 g/mol. The van der Waals surface area contributed by atoms with Crippen LogP contribution in [-0.4, -0.2) is 17.0 Å². The molecule has 3 N–H and O–H groups in total. The molecular formula is C8H6ClNO3. The number of carbonyl (C=O) groups excluding carboxylic acids is 1. The van der Waals surface area contributed by atoms with Crippen LogP contribution in [-0.2, 0) is 0 Å². The third-order valence-electron chi connectivity index (χ3n) is 1.48. The van der Waals surface area contributed by atoms with E-state index in [0.717, 1.165) is 6.07 Å². The maximum Gasteiger partial charge on any atom is 0.335 e. The molecule has 0 heterocycles. The average Bonchev–Trinajstić information content (AvgIpc) is 2.04. The summed E-state index contributed by atoms with van der Waals surface area (Å²) < 4.78 is 0. The number of hydrogen-bond donors (Lipinski definition) is 2. The van der Waals surface area contributed by atoms with Gasteiger partial charge in [-0.05, 0) is 18.2 Å². The maximum absolute atomic E-state index is 10.7. The van der Waals surface area contributed by atoms with Crippen molar-refractivity contribution < 1.29 is 14.7 Å². The predicted molar refractivity (Wildman–Crippen MR) is 46.9 cm³/mol. The van der Waals surface area contributed by atoms with Gasteiger partial charge in [-0.1, -0.05) is 11.6 Å². The van der Waals surface area contributed by atoms with Crippen molar-refractivity contribution in [2.75, 3.05) is 0 Å². The van der Waals surface area contributed by atoms with Crippen LogP contribution in [0.3, 0.4) is 0 Å². The molecule has 0 aromatic heterocycles. The van der Waals surface area contributed by atoms with Crippen molar-refractivity contribution in [1.29, 1.82) is 0 Å². The van der Waals surface area contributed by atoms with E-state index in [2.05, 4.69) is 0 Å². The van der Waals surface area contributed by atoms with E-state index in [9.17, 15) is 9.59 Å². The second-order valence-corrected chi connectivity index (χ2v) is 2.77. The molecule has 0 fully saturated rings. The SMILES string of the molecule is NC(=O)c1cc(C(=O)O)ccc1Cl. The number of nitrogens with two attached hydrogens (primary N) is 1. The van der Waals surface area contributed by atoms with E-state index in [0.29, 0.717) is 0 Å². The first-order valence-corrected chi connectivity index (χ1v) is 3.73. The number of carboxylic acid groups (broad SMARTS) is 1. The van der Waals surface area contributed by atoms with Gasteiger partial charge in [0.2, 0.25) is 5.91 Å². The maximum atomic E-state index is 10.7. The second kappa shape index (κ2) is 3.45. The zero-order valence-corrected chi connectivity index (χ0v) is 7.21. The summed E-state index contributed by atoms with van der Waals surface area (Å²) in [6, 6.07) is 3.77. The van der Waals surface area contributed by atoms with Crippen LogP contribution in [0.5, 0.6) is 0 Å². The molecule has 0 spiro atoms. The van der Waals surface area contributed by atoms with Gasteiger partial charge in [-0.3, -0.25) is 4.79 Å². The summed E-state index contributed by atoms with van der Waals surface area (Å²) in [5.41, 5.74) is 4.97. The minimum atomic E-state index is -1.13. The molecule has 0 radical (unpaired) electrons. The lowest BCUT2D eigenvalue weighted by molar-refractivity contribution is 0.0697. The second-order valence-electron chi connectivity index (χ2n) is 2.36. The van der Waals surface area contributed by atoms with Crippen LogP contribution >= 0.6 is 11.6 Å². The van der Waals surface area contributed by atoms with Crippen LogP contribution in [0.2, 0.25) is 5.02 Å². The molecule has 0 aliphatic heterocycles. The molecule has 0 bridgehead atoms. The standard InChI is InChI=1S/C8H6ClNO3/c9-6-2-1-4(8(12)13)3-5(6)7(10)11/h1-3H,(H2,10,11)(H,12,13). The highest BCUT2D eigenvalue weighted by Crippen LogP contribution is 2.16. The number of rotatable bonds is 2. The Hall–Kier alpha value is -1.55. The predicted octanol–water partition coefficient (Wildman–Crippen LogP) is 1.14. The van der Waals surface area contributed by atoms with Gasteiger partial charge >= 0.3 is 5.97 Å². The van der Waals surface area contributed by atoms with Crippen LogP contribution in [0.1, 0.15) is 20.7 Å². The summed E-state index contributed by atoms with van der Waals surface area (Å²) in [6.07, 6.45) is 0. The minimum absolute atomic E-state index is 0.0153. The van der Waals surface area contributed by atoms with Crippen LogP contribution in [0.25, 0.3) is 0 Å². The van der Waals surface area contributed by atoms with Crippen molar-refractivity contribution in [1.82, 2.24) is 0 Å². The van der Waals surface area contributed by atoms with E-state index in [1.807, 2.05) is 0 Å². The monoisotopic (exact) mass is 199 g/mol. The fourth-order valence-electron chi connectivity index (χ4n) is 0.847. The summed E-state index contributed by atoms with van der Waals surface area (Å²) in [4.78, 5) is 21.2. The number of halogens is 1. The first-order chi connectivity index (χ1) is 6.02. The van der Waals surface area contributed by atoms with Gasteiger partial charge in [-0.15, -0.1) is 0 Å². The summed E-state index contributed by atoms with van der Waals surface area (Å²) >= 11 is 5.60. The van der Waals surface area contributed by atoms with Crippen LogP contribution in [0, 0.1) is 0 Å². The Morgan fingerprint density at radius 1 is 1.38 bits per heavy atom. The number of amides is 1. The van der Waals surface area contributed by atoms with E-state index in [4.69, 9.17) is 22.4 Å². The molecule has 0 atom stereocenters. The Bertz CT molecular complexity index is 376. The molecule has 1 aromatic rings. The zero-order chi connectivity index (χ0) is 10.0. The van der Waals surface area contributed by atoms with E-state index < -0.39 is 11.9 Å². The van der Waals surface area contributed by atoms with Crippen LogP contribution < -0.4 is 5.73 Å². The number of carbonyl (C=O) groups is 2. The number of carboxylic acids is 1. The Kier molecular flexibility index (Phi) is 2.53. The van der Waals surface area contributed by atoms with E-state index >= 15 is 0 Å². The highest BCUT2D eigenvalue weighted by atomic mass is 35.5. The lowest BCUT2D eigenvalue weighted by atomic mass is 10.1. The van der Waals surface area contributed by atoms with E-state index in [1.54, 1.807) is 0 Å². The van der Waals surface area contributed by atoms with Gasteiger partial charge in [-0.25, -0.2) is 4.79 Å². The molecule has 1 amide bonds.